The van der Waals surface area contributed by atoms with E-state index < -0.39 is 12.0 Å². The summed E-state index contributed by atoms with van der Waals surface area (Å²) in [6.45, 7) is 1.70. The first-order valence-corrected chi connectivity index (χ1v) is 6.67. The van der Waals surface area contributed by atoms with Crippen LogP contribution in [0.4, 0.5) is 0 Å². The van der Waals surface area contributed by atoms with E-state index in [1.165, 1.54) is 0 Å². The van der Waals surface area contributed by atoms with Crippen molar-refractivity contribution < 1.29 is 15.0 Å². The number of para-hydroxylation sites is 1. The highest BCUT2D eigenvalue weighted by Gasteiger charge is 2.17. The fourth-order valence-electron chi connectivity index (χ4n) is 2.11. The summed E-state index contributed by atoms with van der Waals surface area (Å²) < 4.78 is 0. The summed E-state index contributed by atoms with van der Waals surface area (Å²) in [7, 11) is 0. The van der Waals surface area contributed by atoms with Crippen molar-refractivity contribution in [2.24, 2.45) is 4.99 Å². The molecule has 1 atom stereocenters. The molecule has 4 nitrogen and oxygen atoms in total. The van der Waals surface area contributed by atoms with Crippen molar-refractivity contribution in [3.8, 4) is 5.75 Å². The van der Waals surface area contributed by atoms with Crippen LogP contribution in [0.2, 0.25) is 0 Å². The first-order chi connectivity index (χ1) is 10.1. The van der Waals surface area contributed by atoms with E-state index in [0.29, 0.717) is 17.7 Å². The maximum Gasteiger partial charge on any atom is 0.328 e. The van der Waals surface area contributed by atoms with Gasteiger partial charge in [0.05, 0.1) is 0 Å². The van der Waals surface area contributed by atoms with Crippen LogP contribution < -0.4 is 0 Å². The molecule has 0 spiro atoms. The summed E-state index contributed by atoms with van der Waals surface area (Å²) in [6, 6.07) is 15.3. The zero-order valence-electron chi connectivity index (χ0n) is 11.7. The van der Waals surface area contributed by atoms with Gasteiger partial charge in [-0.3, -0.25) is 4.99 Å². The molecule has 0 saturated carbocycles. The van der Waals surface area contributed by atoms with E-state index in [-0.39, 0.29) is 5.75 Å². The van der Waals surface area contributed by atoms with Crippen molar-refractivity contribution in [1.29, 1.82) is 0 Å². The lowest BCUT2D eigenvalue weighted by Gasteiger charge is -2.10. The van der Waals surface area contributed by atoms with Gasteiger partial charge in [-0.15, -0.1) is 0 Å². The number of benzene rings is 2. The number of aliphatic carboxylic acids is 1. The summed E-state index contributed by atoms with van der Waals surface area (Å²) in [4.78, 5) is 15.6. The van der Waals surface area contributed by atoms with Crippen LogP contribution in [0.15, 0.2) is 59.6 Å². The Morgan fingerprint density at radius 3 is 2.33 bits per heavy atom. The summed E-state index contributed by atoms with van der Waals surface area (Å²) in [6.07, 6.45) is 0.321. The van der Waals surface area contributed by atoms with E-state index >= 15 is 0 Å². The van der Waals surface area contributed by atoms with E-state index in [1.807, 2.05) is 30.3 Å². The molecular formula is C17H17NO3. The number of carboxylic acids is 1. The van der Waals surface area contributed by atoms with E-state index in [2.05, 4.69) is 4.99 Å². The van der Waals surface area contributed by atoms with Gasteiger partial charge in [-0.25, -0.2) is 4.79 Å². The molecule has 0 fully saturated rings. The highest BCUT2D eigenvalue weighted by Crippen LogP contribution is 2.17. The van der Waals surface area contributed by atoms with Gasteiger partial charge in [-0.1, -0.05) is 42.5 Å². The third-order valence-corrected chi connectivity index (χ3v) is 3.20. The second-order valence-electron chi connectivity index (χ2n) is 4.78. The zero-order valence-corrected chi connectivity index (χ0v) is 11.7. The minimum atomic E-state index is -0.978. The maximum absolute atomic E-state index is 11.4. The number of hydrogen-bond acceptors (Lipinski definition) is 3. The fraction of sp³-hybridized carbons (Fsp3) is 0.176. The van der Waals surface area contributed by atoms with Gasteiger partial charge >= 0.3 is 5.97 Å². The first kappa shape index (κ1) is 14.8. The van der Waals surface area contributed by atoms with Crippen LogP contribution in [0.1, 0.15) is 18.1 Å². The number of rotatable bonds is 5. The Kier molecular flexibility index (Phi) is 4.72. The average molecular weight is 283 g/mol. The van der Waals surface area contributed by atoms with Crippen LogP contribution in [0.5, 0.6) is 5.75 Å². The van der Waals surface area contributed by atoms with Gasteiger partial charge in [-0.05, 0) is 24.6 Å². The van der Waals surface area contributed by atoms with Crippen LogP contribution in [0, 0.1) is 0 Å². The quantitative estimate of drug-likeness (QED) is 0.829. The van der Waals surface area contributed by atoms with Gasteiger partial charge in [0.25, 0.3) is 0 Å². The van der Waals surface area contributed by atoms with E-state index in [0.717, 1.165) is 5.56 Å². The van der Waals surface area contributed by atoms with Gasteiger partial charge < -0.3 is 10.2 Å². The molecule has 0 amide bonds. The Morgan fingerprint density at radius 1 is 1.10 bits per heavy atom. The van der Waals surface area contributed by atoms with Crippen molar-refractivity contribution in [2.75, 3.05) is 0 Å². The Bertz CT molecular complexity index is 650. The summed E-state index contributed by atoms with van der Waals surface area (Å²) >= 11 is 0. The van der Waals surface area contributed by atoms with Crippen molar-refractivity contribution >= 4 is 11.7 Å². The topological polar surface area (TPSA) is 69.9 Å². The average Bonchev–Trinajstić information content (AvgIpc) is 2.48. The molecule has 21 heavy (non-hydrogen) atoms. The molecule has 0 bridgehead atoms. The Morgan fingerprint density at radius 2 is 1.71 bits per heavy atom. The number of phenols is 1. The lowest BCUT2D eigenvalue weighted by molar-refractivity contribution is -0.138. The van der Waals surface area contributed by atoms with Crippen molar-refractivity contribution in [2.45, 2.75) is 19.4 Å². The predicted molar refractivity (Wildman–Crippen MR) is 81.9 cm³/mol. The molecule has 0 radical (unpaired) electrons. The molecule has 0 heterocycles. The smallest absolute Gasteiger partial charge is 0.328 e. The molecule has 4 heteroatoms. The van der Waals surface area contributed by atoms with E-state index in [1.54, 1.807) is 31.2 Å². The van der Waals surface area contributed by atoms with Crippen LogP contribution in [-0.2, 0) is 11.2 Å². The first-order valence-electron chi connectivity index (χ1n) is 6.67. The normalized spacial score (nSPS) is 12.9. The molecule has 0 aliphatic carbocycles. The van der Waals surface area contributed by atoms with Gasteiger partial charge in [0.1, 0.15) is 5.75 Å². The van der Waals surface area contributed by atoms with Crippen LogP contribution in [-0.4, -0.2) is 27.9 Å². The number of carboxylic acid groups (broad SMARTS) is 1. The van der Waals surface area contributed by atoms with Gasteiger partial charge in [0.15, 0.2) is 6.04 Å². The second-order valence-corrected chi connectivity index (χ2v) is 4.78. The third kappa shape index (κ3) is 3.92. The van der Waals surface area contributed by atoms with Crippen LogP contribution >= 0.6 is 0 Å². The number of nitrogens with zero attached hydrogens (tertiary/aromatic N) is 1. The molecule has 2 N–H and O–H groups in total. The molecule has 0 unspecified atom stereocenters. The maximum atomic E-state index is 11.4. The summed E-state index contributed by atoms with van der Waals surface area (Å²) in [5.41, 5.74) is 1.98. The van der Waals surface area contributed by atoms with Crippen LogP contribution in [0.25, 0.3) is 0 Å². The van der Waals surface area contributed by atoms with Crippen molar-refractivity contribution in [3.05, 3.63) is 65.7 Å². The molecule has 0 aliphatic rings. The van der Waals surface area contributed by atoms with Crippen LogP contribution in [0.3, 0.4) is 0 Å². The lowest BCUT2D eigenvalue weighted by atomic mass is 10.1. The van der Waals surface area contributed by atoms with Crippen molar-refractivity contribution in [3.63, 3.8) is 0 Å². The third-order valence-electron chi connectivity index (χ3n) is 3.20. The number of phenolic OH excluding ortho intramolecular Hbond substituents is 1. The number of aliphatic imine (C=N–C) groups is 1. The monoisotopic (exact) mass is 283 g/mol. The highest BCUT2D eigenvalue weighted by atomic mass is 16.4. The lowest BCUT2D eigenvalue weighted by Crippen LogP contribution is -2.22. The Balaban J connectivity index is 2.25. The van der Waals surface area contributed by atoms with E-state index in [4.69, 9.17) is 0 Å². The zero-order chi connectivity index (χ0) is 15.2. The standard InChI is InChI=1S/C17H17NO3/c1-12(14-9-5-6-10-16(14)19)18-15(17(20)21)11-13-7-3-2-4-8-13/h2-10,15,19H,11H2,1H3,(H,20,21)/t15-/m0/s1. The largest absolute Gasteiger partial charge is 0.507 e. The molecule has 0 aliphatic heterocycles. The van der Waals surface area contributed by atoms with Gasteiger partial charge in [0.2, 0.25) is 0 Å². The molecule has 108 valence electrons. The molecule has 0 saturated heterocycles. The molecular weight excluding hydrogens is 266 g/mol. The van der Waals surface area contributed by atoms with Gasteiger partial charge in [-0.2, -0.15) is 0 Å². The highest BCUT2D eigenvalue weighted by molar-refractivity contribution is 6.02. The van der Waals surface area contributed by atoms with Gasteiger partial charge in [0, 0.05) is 17.7 Å². The predicted octanol–water partition coefficient (Wildman–Crippen LogP) is 2.90. The fourth-order valence-corrected chi connectivity index (χ4v) is 2.11. The number of aromatic hydroxyl groups is 1. The Hall–Kier alpha value is -2.62. The Labute approximate surface area is 123 Å². The molecule has 2 aromatic carbocycles. The number of carbonyl (C=O) groups is 1. The summed E-state index contributed by atoms with van der Waals surface area (Å²) in [5.74, 6) is -0.878. The SMILES string of the molecule is CC(=N[C@@H](Cc1ccccc1)C(=O)O)c1ccccc1O. The van der Waals surface area contributed by atoms with Crippen molar-refractivity contribution in [1.82, 2.24) is 0 Å². The molecule has 2 aromatic rings. The minimum Gasteiger partial charge on any atom is -0.507 e. The van der Waals surface area contributed by atoms with E-state index in [9.17, 15) is 15.0 Å². The number of hydrogen-bond donors (Lipinski definition) is 2. The molecule has 2 rings (SSSR count). The summed E-state index contributed by atoms with van der Waals surface area (Å²) in [5, 5.41) is 19.1. The minimum absolute atomic E-state index is 0.0996. The second kappa shape index (κ2) is 6.70. The molecule has 0 aromatic heterocycles.